The molecule has 0 bridgehead atoms. The molecule has 1 aromatic carbocycles. The van der Waals surface area contributed by atoms with Crippen LogP contribution in [0.5, 0.6) is 5.75 Å². The first-order valence-corrected chi connectivity index (χ1v) is 4.99. The van der Waals surface area contributed by atoms with E-state index in [1.165, 1.54) is 6.92 Å². The number of benzene rings is 1. The lowest BCUT2D eigenvalue weighted by Gasteiger charge is -2.10. The van der Waals surface area contributed by atoms with E-state index in [1.54, 1.807) is 24.3 Å². The summed E-state index contributed by atoms with van der Waals surface area (Å²) in [5.41, 5.74) is 0.501. The van der Waals surface area contributed by atoms with Gasteiger partial charge in [-0.15, -0.1) is 0 Å². The van der Waals surface area contributed by atoms with Crippen molar-refractivity contribution in [1.29, 1.82) is 0 Å². The second kappa shape index (κ2) is 4.94. The molecule has 0 amide bonds. The number of hydrogen-bond acceptors (Lipinski definition) is 3. The van der Waals surface area contributed by atoms with Crippen LogP contribution in [-0.4, -0.2) is 23.1 Å². The van der Waals surface area contributed by atoms with Gasteiger partial charge in [-0.2, -0.15) is 0 Å². The summed E-state index contributed by atoms with van der Waals surface area (Å²) >= 11 is 0. The molecule has 0 aliphatic heterocycles. The third kappa shape index (κ3) is 3.36. The molecule has 1 aromatic rings. The minimum atomic E-state index is -0.957. The van der Waals surface area contributed by atoms with Crippen molar-refractivity contribution >= 4 is 5.78 Å². The molecular formula is C12H16O3. The van der Waals surface area contributed by atoms with Gasteiger partial charge in [-0.25, -0.2) is 0 Å². The quantitative estimate of drug-likeness (QED) is 0.770. The lowest BCUT2D eigenvalue weighted by molar-refractivity contribution is 0.0779. The molecule has 15 heavy (non-hydrogen) atoms. The summed E-state index contributed by atoms with van der Waals surface area (Å²) in [5.74, 6) is 0.457. The average Bonchev–Trinajstić information content (AvgIpc) is 2.17. The fourth-order valence-electron chi connectivity index (χ4n) is 1.21. The molecule has 1 rings (SSSR count). The molecule has 0 aromatic heterocycles. The zero-order valence-corrected chi connectivity index (χ0v) is 9.23. The molecule has 1 atom stereocenters. The predicted octanol–water partition coefficient (Wildman–Crippen LogP) is 2.04. The van der Waals surface area contributed by atoms with Crippen LogP contribution in [0.3, 0.4) is 0 Å². The Morgan fingerprint density at radius 3 is 2.13 bits per heavy atom. The maximum absolute atomic E-state index is 11.4. The van der Waals surface area contributed by atoms with Crippen LogP contribution >= 0.6 is 0 Å². The first kappa shape index (κ1) is 11.7. The standard InChI is InChI=1S/C12H16O3/c1-8(2)15-11-6-4-10(5-7-11)12(14)9(3)13/h4-9,13H,1-3H3. The number of ketones is 1. The van der Waals surface area contributed by atoms with Gasteiger partial charge in [0.25, 0.3) is 0 Å². The summed E-state index contributed by atoms with van der Waals surface area (Å²) in [6.07, 6.45) is -0.842. The van der Waals surface area contributed by atoms with Crippen molar-refractivity contribution in [3.8, 4) is 5.75 Å². The van der Waals surface area contributed by atoms with Crippen molar-refractivity contribution in [3.63, 3.8) is 0 Å². The van der Waals surface area contributed by atoms with Crippen molar-refractivity contribution in [1.82, 2.24) is 0 Å². The van der Waals surface area contributed by atoms with E-state index in [9.17, 15) is 4.79 Å². The lowest BCUT2D eigenvalue weighted by Crippen LogP contribution is -2.16. The van der Waals surface area contributed by atoms with Gasteiger partial charge in [0.15, 0.2) is 5.78 Å². The van der Waals surface area contributed by atoms with Crippen LogP contribution in [0.15, 0.2) is 24.3 Å². The third-order valence-electron chi connectivity index (χ3n) is 1.89. The van der Waals surface area contributed by atoms with Gasteiger partial charge in [-0.3, -0.25) is 4.79 Å². The number of aliphatic hydroxyl groups is 1. The average molecular weight is 208 g/mol. The molecular weight excluding hydrogens is 192 g/mol. The second-order valence-electron chi connectivity index (χ2n) is 3.73. The Labute approximate surface area is 89.7 Å². The van der Waals surface area contributed by atoms with Crippen molar-refractivity contribution in [2.75, 3.05) is 0 Å². The summed E-state index contributed by atoms with van der Waals surface area (Å²) < 4.78 is 5.44. The predicted molar refractivity (Wildman–Crippen MR) is 58.2 cm³/mol. The van der Waals surface area contributed by atoms with Crippen molar-refractivity contribution in [3.05, 3.63) is 29.8 Å². The minimum absolute atomic E-state index is 0.114. The second-order valence-corrected chi connectivity index (χ2v) is 3.73. The van der Waals surface area contributed by atoms with Crippen LogP contribution in [0.4, 0.5) is 0 Å². The summed E-state index contributed by atoms with van der Waals surface area (Å²) in [5, 5.41) is 9.11. The smallest absolute Gasteiger partial charge is 0.190 e. The fraction of sp³-hybridized carbons (Fsp3) is 0.417. The molecule has 0 aliphatic carbocycles. The lowest BCUT2D eigenvalue weighted by atomic mass is 10.1. The molecule has 0 aliphatic rings. The highest BCUT2D eigenvalue weighted by Gasteiger charge is 2.11. The van der Waals surface area contributed by atoms with E-state index in [4.69, 9.17) is 9.84 Å². The fourth-order valence-corrected chi connectivity index (χ4v) is 1.21. The largest absolute Gasteiger partial charge is 0.491 e. The number of carbonyl (C=O) groups excluding carboxylic acids is 1. The Morgan fingerprint density at radius 2 is 1.73 bits per heavy atom. The molecule has 3 nitrogen and oxygen atoms in total. The number of ether oxygens (including phenoxy) is 1. The summed E-state index contributed by atoms with van der Waals surface area (Å²) in [4.78, 5) is 11.4. The first-order chi connectivity index (χ1) is 7.00. The minimum Gasteiger partial charge on any atom is -0.491 e. The van der Waals surface area contributed by atoms with Crippen LogP contribution in [0, 0.1) is 0 Å². The highest BCUT2D eigenvalue weighted by Crippen LogP contribution is 2.14. The molecule has 3 heteroatoms. The highest BCUT2D eigenvalue weighted by atomic mass is 16.5. The van der Waals surface area contributed by atoms with Crippen molar-refractivity contribution < 1.29 is 14.6 Å². The number of rotatable bonds is 4. The summed E-state index contributed by atoms with van der Waals surface area (Å²) in [6, 6.07) is 6.78. The van der Waals surface area contributed by atoms with Crippen LogP contribution in [-0.2, 0) is 0 Å². The van der Waals surface area contributed by atoms with E-state index in [2.05, 4.69) is 0 Å². The molecule has 0 fully saturated rings. The van der Waals surface area contributed by atoms with E-state index in [0.717, 1.165) is 5.75 Å². The van der Waals surface area contributed by atoms with Crippen LogP contribution in [0.2, 0.25) is 0 Å². The van der Waals surface area contributed by atoms with Gasteiger partial charge in [-0.1, -0.05) is 0 Å². The van der Waals surface area contributed by atoms with Gasteiger partial charge in [0.1, 0.15) is 11.9 Å². The molecule has 0 saturated carbocycles. The monoisotopic (exact) mass is 208 g/mol. The number of carbonyl (C=O) groups is 1. The topological polar surface area (TPSA) is 46.5 Å². The number of aliphatic hydroxyl groups excluding tert-OH is 1. The Kier molecular flexibility index (Phi) is 3.86. The Hall–Kier alpha value is -1.35. The van der Waals surface area contributed by atoms with Gasteiger partial charge in [-0.05, 0) is 45.0 Å². The van der Waals surface area contributed by atoms with Crippen LogP contribution in [0.1, 0.15) is 31.1 Å². The zero-order valence-electron chi connectivity index (χ0n) is 9.23. The van der Waals surface area contributed by atoms with Crippen molar-refractivity contribution in [2.45, 2.75) is 33.0 Å². The normalized spacial score (nSPS) is 12.6. The number of Topliss-reactive ketones (excluding diaryl/α,β-unsaturated/α-hetero) is 1. The van der Waals surface area contributed by atoms with Gasteiger partial charge >= 0.3 is 0 Å². The SMILES string of the molecule is CC(C)Oc1ccc(C(=O)C(C)O)cc1. The molecule has 1 N–H and O–H groups in total. The molecule has 1 unspecified atom stereocenters. The Bertz CT molecular complexity index is 325. The molecule has 82 valence electrons. The maximum Gasteiger partial charge on any atom is 0.190 e. The van der Waals surface area contributed by atoms with Gasteiger partial charge in [0, 0.05) is 5.56 Å². The number of hydrogen-bond donors (Lipinski definition) is 1. The van der Waals surface area contributed by atoms with E-state index >= 15 is 0 Å². The van der Waals surface area contributed by atoms with Gasteiger partial charge < -0.3 is 9.84 Å². The van der Waals surface area contributed by atoms with E-state index in [1.807, 2.05) is 13.8 Å². The third-order valence-corrected chi connectivity index (χ3v) is 1.89. The first-order valence-electron chi connectivity index (χ1n) is 4.99. The van der Waals surface area contributed by atoms with Gasteiger partial charge in [0.05, 0.1) is 6.10 Å². The maximum atomic E-state index is 11.4. The van der Waals surface area contributed by atoms with E-state index in [0.29, 0.717) is 5.56 Å². The summed E-state index contributed by atoms with van der Waals surface area (Å²) in [6.45, 7) is 5.34. The molecule has 0 saturated heterocycles. The van der Waals surface area contributed by atoms with Crippen LogP contribution in [0.25, 0.3) is 0 Å². The highest BCUT2D eigenvalue weighted by molar-refractivity contribution is 5.99. The Balaban J connectivity index is 2.76. The molecule has 0 radical (unpaired) electrons. The zero-order chi connectivity index (χ0) is 11.4. The van der Waals surface area contributed by atoms with Gasteiger partial charge in [0.2, 0.25) is 0 Å². The summed E-state index contributed by atoms with van der Waals surface area (Å²) in [7, 11) is 0. The van der Waals surface area contributed by atoms with E-state index in [-0.39, 0.29) is 11.9 Å². The molecule has 0 spiro atoms. The van der Waals surface area contributed by atoms with Crippen molar-refractivity contribution in [2.24, 2.45) is 0 Å². The van der Waals surface area contributed by atoms with Crippen LogP contribution < -0.4 is 4.74 Å². The molecule has 0 heterocycles. The Morgan fingerprint density at radius 1 is 1.20 bits per heavy atom. The van der Waals surface area contributed by atoms with E-state index < -0.39 is 6.10 Å².